The van der Waals surface area contributed by atoms with E-state index in [1.807, 2.05) is 0 Å². The number of Topliss-reactive ketones (excluding diaryl/α,β-unsaturated/α-hetero) is 1. The van der Waals surface area contributed by atoms with Crippen molar-refractivity contribution in [1.29, 1.82) is 0 Å². The minimum Gasteiger partial charge on any atom is -0.395 e. The second-order valence-corrected chi connectivity index (χ2v) is 10.1. The Kier molecular flexibility index (Phi) is 5.99. The zero-order valence-corrected chi connectivity index (χ0v) is 18.0. The van der Waals surface area contributed by atoms with Crippen LogP contribution in [0.1, 0.15) is 72.1 Å². The Bertz CT molecular complexity index is 609. The molecule has 0 heterocycles. The van der Waals surface area contributed by atoms with Crippen molar-refractivity contribution in [2.75, 3.05) is 13.2 Å². The van der Waals surface area contributed by atoms with Crippen LogP contribution in [0, 0.1) is 40.4 Å². The maximum Gasteiger partial charge on any atom is 0.139 e. The third kappa shape index (κ3) is 3.25. The van der Waals surface area contributed by atoms with Crippen LogP contribution in [0.3, 0.4) is 0 Å². The summed E-state index contributed by atoms with van der Waals surface area (Å²) in [6.07, 6.45) is 9.02. The van der Waals surface area contributed by atoms with Crippen molar-refractivity contribution in [1.82, 2.24) is 0 Å². The number of nitrogens with zero attached hydrogens (tertiary/aromatic N) is 1. The fraction of sp³-hybridized carbons (Fsp3) is 0.909. The first-order valence-electron chi connectivity index (χ1n) is 10.8. The van der Waals surface area contributed by atoms with Gasteiger partial charge in [0.2, 0.25) is 0 Å². The zero-order chi connectivity index (χ0) is 18.5. The van der Waals surface area contributed by atoms with E-state index in [4.69, 9.17) is 10.6 Å². The number of halogens is 1. The van der Waals surface area contributed by atoms with Gasteiger partial charge < -0.3 is 10.6 Å². The highest BCUT2D eigenvalue weighted by Gasteiger charge is 2.61. The van der Waals surface area contributed by atoms with Crippen molar-refractivity contribution >= 4 is 23.9 Å². The van der Waals surface area contributed by atoms with Crippen molar-refractivity contribution in [2.45, 2.75) is 72.1 Å². The lowest BCUT2D eigenvalue weighted by Gasteiger charge is -2.61. The molecular formula is C22H37ClN2O2. The lowest BCUT2D eigenvalue weighted by molar-refractivity contribution is -0.141. The highest BCUT2D eigenvalue weighted by molar-refractivity contribution is 5.87. The maximum absolute atomic E-state index is 12.6. The number of carbonyl (C=O) groups is 1. The average molecular weight is 397 g/mol. The van der Waals surface area contributed by atoms with Crippen molar-refractivity contribution in [2.24, 2.45) is 51.3 Å². The number of fused-ring (bicyclic) bond motifs is 5. The standard InChI is InChI=1S/C22H36N2O2.ClH/c1-14-12-16-17-4-5-20(25)22(17,3)9-7-18(16)21(2)8-6-15(13-19(14)21)24-26-11-10-23;/h14,16-19H,4-13,23H2,1-3H3;1H/b24-15-;/t14-,16-,17-,18-,19?,21+,22-;/m0./s1. The first-order valence-corrected chi connectivity index (χ1v) is 10.8. The molecule has 5 heteroatoms. The third-order valence-corrected chi connectivity index (χ3v) is 8.98. The van der Waals surface area contributed by atoms with Gasteiger partial charge in [0.05, 0.1) is 5.71 Å². The van der Waals surface area contributed by atoms with Crippen molar-refractivity contribution in [3.8, 4) is 0 Å². The molecule has 0 aliphatic heterocycles. The Labute approximate surface area is 170 Å². The molecule has 0 spiro atoms. The molecule has 0 amide bonds. The van der Waals surface area contributed by atoms with Crippen LogP contribution in [0.5, 0.6) is 0 Å². The lowest BCUT2D eigenvalue weighted by atomic mass is 9.43. The predicted molar refractivity (Wildman–Crippen MR) is 111 cm³/mol. The summed E-state index contributed by atoms with van der Waals surface area (Å²) in [4.78, 5) is 18.0. The Balaban J connectivity index is 0.00000210. The number of ketones is 1. The fourth-order valence-corrected chi connectivity index (χ4v) is 7.57. The molecule has 0 bridgehead atoms. The monoisotopic (exact) mass is 396 g/mol. The largest absolute Gasteiger partial charge is 0.395 e. The van der Waals surface area contributed by atoms with Crippen LogP contribution < -0.4 is 5.73 Å². The number of hydrogen-bond acceptors (Lipinski definition) is 4. The minimum atomic E-state index is -0.0125. The van der Waals surface area contributed by atoms with E-state index in [2.05, 4.69) is 25.9 Å². The van der Waals surface area contributed by atoms with Crippen molar-refractivity contribution in [3.05, 3.63) is 0 Å². The molecule has 0 aromatic carbocycles. The summed E-state index contributed by atoms with van der Waals surface area (Å²) in [7, 11) is 0. The second-order valence-electron chi connectivity index (χ2n) is 10.1. The number of rotatable bonds is 3. The molecule has 4 aliphatic rings. The normalized spacial score (nSPS) is 47.6. The molecule has 154 valence electrons. The van der Waals surface area contributed by atoms with E-state index in [9.17, 15) is 4.79 Å². The first kappa shape index (κ1) is 21.1. The summed E-state index contributed by atoms with van der Waals surface area (Å²) in [5, 5.41) is 4.40. The highest BCUT2D eigenvalue weighted by atomic mass is 35.5. The Morgan fingerprint density at radius 2 is 1.93 bits per heavy atom. The second kappa shape index (κ2) is 7.67. The van der Waals surface area contributed by atoms with Crippen LogP contribution in [0.15, 0.2) is 5.16 Å². The van der Waals surface area contributed by atoms with Gasteiger partial charge in [-0.25, -0.2) is 0 Å². The molecule has 0 radical (unpaired) electrons. The summed E-state index contributed by atoms with van der Waals surface area (Å²) in [5.74, 6) is 4.15. The van der Waals surface area contributed by atoms with Gasteiger partial charge in [-0.15, -0.1) is 12.4 Å². The van der Waals surface area contributed by atoms with Crippen LogP contribution in [0.2, 0.25) is 0 Å². The summed E-state index contributed by atoms with van der Waals surface area (Å²) in [6, 6.07) is 0. The summed E-state index contributed by atoms with van der Waals surface area (Å²) < 4.78 is 0. The van der Waals surface area contributed by atoms with Crippen LogP contribution >= 0.6 is 12.4 Å². The van der Waals surface area contributed by atoms with Crippen molar-refractivity contribution < 1.29 is 9.63 Å². The van der Waals surface area contributed by atoms with E-state index in [0.29, 0.717) is 42.1 Å². The topological polar surface area (TPSA) is 64.7 Å². The van der Waals surface area contributed by atoms with Gasteiger partial charge in [0.15, 0.2) is 0 Å². The summed E-state index contributed by atoms with van der Waals surface area (Å²) >= 11 is 0. The van der Waals surface area contributed by atoms with Gasteiger partial charge in [0.25, 0.3) is 0 Å². The van der Waals surface area contributed by atoms with Crippen LogP contribution in [0.25, 0.3) is 0 Å². The summed E-state index contributed by atoms with van der Waals surface area (Å²) in [5.41, 5.74) is 7.14. The summed E-state index contributed by atoms with van der Waals surface area (Å²) in [6.45, 7) is 8.33. The first-order chi connectivity index (χ1) is 12.4. The maximum atomic E-state index is 12.6. The molecule has 1 unspecified atom stereocenters. The Morgan fingerprint density at radius 1 is 1.15 bits per heavy atom. The lowest BCUT2D eigenvalue weighted by Crippen LogP contribution is -2.56. The minimum absolute atomic E-state index is 0. The molecule has 0 aromatic heterocycles. The SMILES string of the molecule is C[C@H]1C[C@@H]2[C@H](CC[C@]3(C)C(=O)CC[C@@H]23)[C@@]2(C)CC/C(=N/OCCN)CC12.Cl. The number of oxime groups is 1. The van der Waals surface area contributed by atoms with Gasteiger partial charge in [0.1, 0.15) is 12.4 Å². The van der Waals surface area contributed by atoms with Gasteiger partial charge in [-0.05, 0) is 80.0 Å². The van der Waals surface area contributed by atoms with Gasteiger partial charge in [-0.3, -0.25) is 4.79 Å². The number of hydrogen-bond donors (Lipinski definition) is 1. The smallest absolute Gasteiger partial charge is 0.139 e. The highest BCUT2D eigenvalue weighted by Crippen LogP contribution is 2.66. The molecular weight excluding hydrogens is 360 g/mol. The Morgan fingerprint density at radius 3 is 2.67 bits per heavy atom. The van der Waals surface area contributed by atoms with Crippen LogP contribution in [0.4, 0.5) is 0 Å². The average Bonchev–Trinajstić information content (AvgIpc) is 2.92. The van der Waals surface area contributed by atoms with Crippen LogP contribution in [-0.4, -0.2) is 24.6 Å². The van der Waals surface area contributed by atoms with Gasteiger partial charge >= 0.3 is 0 Å². The molecule has 2 N–H and O–H groups in total. The van der Waals surface area contributed by atoms with Gasteiger partial charge in [-0.2, -0.15) is 0 Å². The third-order valence-electron chi connectivity index (χ3n) is 8.98. The van der Waals surface area contributed by atoms with Gasteiger partial charge in [-0.1, -0.05) is 25.9 Å². The van der Waals surface area contributed by atoms with E-state index in [1.54, 1.807) is 0 Å². The fourth-order valence-electron chi connectivity index (χ4n) is 7.57. The van der Waals surface area contributed by atoms with Crippen molar-refractivity contribution in [3.63, 3.8) is 0 Å². The Hall–Kier alpha value is -0.610. The molecule has 4 aliphatic carbocycles. The van der Waals surface area contributed by atoms with Gasteiger partial charge in [0, 0.05) is 18.4 Å². The zero-order valence-electron chi connectivity index (χ0n) is 17.2. The number of nitrogens with two attached hydrogens (primary N) is 1. The van der Waals surface area contributed by atoms with E-state index >= 15 is 0 Å². The van der Waals surface area contributed by atoms with E-state index in [-0.39, 0.29) is 17.8 Å². The van der Waals surface area contributed by atoms with E-state index < -0.39 is 0 Å². The molecule has 4 nitrogen and oxygen atoms in total. The molecule has 4 fully saturated rings. The number of carbonyl (C=O) groups excluding carboxylic acids is 1. The van der Waals surface area contributed by atoms with Crippen LogP contribution in [-0.2, 0) is 9.63 Å². The molecule has 4 saturated carbocycles. The predicted octanol–water partition coefficient (Wildman–Crippen LogP) is 4.60. The molecule has 0 aromatic rings. The molecule has 0 saturated heterocycles. The quantitative estimate of drug-likeness (QED) is 0.560. The molecule has 7 atom stereocenters. The molecule has 4 rings (SSSR count). The van der Waals surface area contributed by atoms with E-state index in [0.717, 1.165) is 43.9 Å². The molecule has 27 heavy (non-hydrogen) atoms. The van der Waals surface area contributed by atoms with E-state index in [1.165, 1.54) is 25.0 Å².